The number of aromatic nitrogens is 2. The van der Waals surface area contributed by atoms with Gasteiger partial charge in [0.25, 0.3) is 5.91 Å². The van der Waals surface area contributed by atoms with Crippen LogP contribution in [0.15, 0.2) is 36.4 Å². The number of amides is 1. The lowest BCUT2D eigenvalue weighted by molar-refractivity contribution is 0.0490. The molecule has 2 aromatic rings. The van der Waals surface area contributed by atoms with Crippen molar-refractivity contribution in [3.05, 3.63) is 47.8 Å². The molecule has 0 unspecified atom stereocenters. The number of fused-ring (bicyclic) bond motifs is 1. The van der Waals surface area contributed by atoms with Crippen molar-refractivity contribution in [2.75, 3.05) is 6.54 Å². The molecule has 2 heterocycles. The summed E-state index contributed by atoms with van der Waals surface area (Å²) in [4.78, 5) is 15.1. The standard InChI is InChI=1S/C21H27N3O2/c1-21(2)10-8-17(9-11-21)23-12-13-24-19(20(23)25)14-16(22-24)15-26-18-6-4-3-5-7-18/h3-7,14,17H,8-13,15H2,1-2H3. The second kappa shape index (κ2) is 6.78. The van der Waals surface area contributed by atoms with Crippen LogP contribution in [0.1, 0.15) is 55.7 Å². The summed E-state index contributed by atoms with van der Waals surface area (Å²) in [6, 6.07) is 12.0. The highest BCUT2D eigenvalue weighted by molar-refractivity contribution is 5.93. The summed E-state index contributed by atoms with van der Waals surface area (Å²) in [5, 5.41) is 4.56. The van der Waals surface area contributed by atoms with Gasteiger partial charge in [0.1, 0.15) is 23.7 Å². The molecule has 1 amide bonds. The normalized spacial score (nSPS) is 20.1. The molecule has 0 saturated heterocycles. The molecule has 0 spiro atoms. The highest BCUT2D eigenvalue weighted by atomic mass is 16.5. The Hall–Kier alpha value is -2.30. The maximum absolute atomic E-state index is 13.0. The van der Waals surface area contributed by atoms with Crippen molar-refractivity contribution < 1.29 is 9.53 Å². The van der Waals surface area contributed by atoms with Crippen molar-refractivity contribution in [3.63, 3.8) is 0 Å². The van der Waals surface area contributed by atoms with Gasteiger partial charge in [-0.3, -0.25) is 9.48 Å². The first-order valence-corrected chi connectivity index (χ1v) is 9.57. The lowest BCUT2D eigenvalue weighted by Crippen LogP contribution is -2.48. The second-order valence-electron chi connectivity index (χ2n) is 8.24. The number of hydrogen-bond donors (Lipinski definition) is 0. The van der Waals surface area contributed by atoms with Crippen molar-refractivity contribution in [3.8, 4) is 5.75 Å². The fourth-order valence-corrected chi connectivity index (χ4v) is 4.05. The van der Waals surface area contributed by atoms with E-state index in [-0.39, 0.29) is 5.91 Å². The number of para-hydroxylation sites is 1. The van der Waals surface area contributed by atoms with E-state index in [9.17, 15) is 4.79 Å². The van der Waals surface area contributed by atoms with E-state index >= 15 is 0 Å². The lowest BCUT2D eigenvalue weighted by Gasteiger charge is -2.41. The minimum atomic E-state index is 0.124. The third-order valence-corrected chi connectivity index (χ3v) is 5.74. The van der Waals surface area contributed by atoms with Gasteiger partial charge < -0.3 is 9.64 Å². The highest BCUT2D eigenvalue weighted by Gasteiger charge is 2.35. The average molecular weight is 353 g/mol. The predicted molar refractivity (Wildman–Crippen MR) is 100 cm³/mol. The average Bonchev–Trinajstić information content (AvgIpc) is 3.06. The van der Waals surface area contributed by atoms with Crippen molar-refractivity contribution in [1.29, 1.82) is 0 Å². The Bertz CT molecular complexity index is 772. The molecule has 2 aliphatic rings. The van der Waals surface area contributed by atoms with Crippen LogP contribution in [0.5, 0.6) is 5.75 Å². The summed E-state index contributed by atoms with van der Waals surface area (Å²) in [5.74, 6) is 0.940. The van der Waals surface area contributed by atoms with Gasteiger partial charge in [-0.15, -0.1) is 0 Å². The van der Waals surface area contributed by atoms with Gasteiger partial charge in [-0.05, 0) is 49.3 Å². The van der Waals surface area contributed by atoms with Crippen molar-refractivity contribution >= 4 is 5.91 Å². The molecule has 1 fully saturated rings. The molecule has 1 saturated carbocycles. The van der Waals surface area contributed by atoms with Crippen LogP contribution in [-0.2, 0) is 13.2 Å². The van der Waals surface area contributed by atoms with Gasteiger partial charge in [0.05, 0.1) is 6.54 Å². The fraction of sp³-hybridized carbons (Fsp3) is 0.524. The van der Waals surface area contributed by atoms with E-state index in [4.69, 9.17) is 4.74 Å². The molecule has 26 heavy (non-hydrogen) atoms. The van der Waals surface area contributed by atoms with Crippen LogP contribution in [0.2, 0.25) is 0 Å². The van der Waals surface area contributed by atoms with E-state index in [2.05, 4.69) is 23.8 Å². The summed E-state index contributed by atoms with van der Waals surface area (Å²) >= 11 is 0. The molecule has 1 aliphatic carbocycles. The number of carbonyl (C=O) groups excluding carboxylic acids is 1. The third-order valence-electron chi connectivity index (χ3n) is 5.74. The summed E-state index contributed by atoms with van der Waals surface area (Å²) in [6.45, 7) is 6.57. The van der Waals surface area contributed by atoms with Crippen LogP contribution in [0, 0.1) is 5.41 Å². The Morgan fingerprint density at radius 3 is 2.62 bits per heavy atom. The molecule has 0 bridgehead atoms. The molecule has 5 nitrogen and oxygen atoms in total. The van der Waals surface area contributed by atoms with E-state index in [1.807, 2.05) is 41.1 Å². The molecule has 1 aliphatic heterocycles. The number of hydrogen-bond acceptors (Lipinski definition) is 3. The molecule has 138 valence electrons. The maximum Gasteiger partial charge on any atom is 0.272 e. The van der Waals surface area contributed by atoms with Gasteiger partial charge in [-0.25, -0.2) is 0 Å². The summed E-state index contributed by atoms with van der Waals surface area (Å²) in [5.41, 5.74) is 1.93. The van der Waals surface area contributed by atoms with Crippen LogP contribution in [0.25, 0.3) is 0 Å². The first kappa shape index (κ1) is 17.1. The Morgan fingerprint density at radius 1 is 1.15 bits per heavy atom. The highest BCUT2D eigenvalue weighted by Crippen LogP contribution is 2.37. The van der Waals surface area contributed by atoms with Crippen LogP contribution in [0.4, 0.5) is 0 Å². The Balaban J connectivity index is 1.43. The van der Waals surface area contributed by atoms with E-state index in [1.165, 1.54) is 12.8 Å². The maximum atomic E-state index is 13.0. The summed E-state index contributed by atoms with van der Waals surface area (Å²) in [7, 11) is 0. The van der Waals surface area contributed by atoms with Gasteiger partial charge in [0.15, 0.2) is 0 Å². The largest absolute Gasteiger partial charge is 0.487 e. The molecule has 1 aromatic carbocycles. The minimum Gasteiger partial charge on any atom is -0.487 e. The van der Waals surface area contributed by atoms with E-state index < -0.39 is 0 Å². The van der Waals surface area contributed by atoms with Crippen LogP contribution < -0.4 is 4.74 Å². The summed E-state index contributed by atoms with van der Waals surface area (Å²) < 4.78 is 7.61. The lowest BCUT2D eigenvalue weighted by atomic mass is 9.75. The Kier molecular flexibility index (Phi) is 4.47. The first-order chi connectivity index (χ1) is 12.5. The molecular weight excluding hydrogens is 326 g/mol. The second-order valence-corrected chi connectivity index (χ2v) is 8.24. The molecule has 0 radical (unpaired) electrons. The zero-order chi connectivity index (χ0) is 18.1. The van der Waals surface area contributed by atoms with Gasteiger partial charge in [0.2, 0.25) is 0 Å². The van der Waals surface area contributed by atoms with Gasteiger partial charge >= 0.3 is 0 Å². The molecule has 5 heteroatoms. The zero-order valence-electron chi connectivity index (χ0n) is 15.6. The first-order valence-electron chi connectivity index (χ1n) is 9.57. The topological polar surface area (TPSA) is 47.4 Å². The monoisotopic (exact) mass is 353 g/mol. The number of carbonyl (C=O) groups is 1. The smallest absolute Gasteiger partial charge is 0.272 e. The van der Waals surface area contributed by atoms with Crippen LogP contribution in [-0.4, -0.2) is 33.2 Å². The number of ether oxygens (including phenoxy) is 1. The van der Waals surface area contributed by atoms with E-state index in [0.29, 0.717) is 23.8 Å². The molecule has 0 N–H and O–H groups in total. The SMILES string of the molecule is CC1(C)CCC(N2CCn3nc(COc4ccccc4)cc3C2=O)CC1. The van der Waals surface area contributed by atoms with Gasteiger partial charge in [-0.1, -0.05) is 32.0 Å². The zero-order valence-corrected chi connectivity index (χ0v) is 15.6. The third kappa shape index (κ3) is 3.48. The van der Waals surface area contributed by atoms with Crippen LogP contribution >= 0.6 is 0 Å². The van der Waals surface area contributed by atoms with Gasteiger partial charge in [0, 0.05) is 12.6 Å². The molecule has 4 rings (SSSR count). The van der Waals surface area contributed by atoms with Crippen molar-refractivity contribution in [1.82, 2.24) is 14.7 Å². The predicted octanol–water partition coefficient (Wildman–Crippen LogP) is 3.89. The minimum absolute atomic E-state index is 0.124. The number of nitrogens with zero attached hydrogens (tertiary/aromatic N) is 3. The molecular formula is C21H27N3O2. The van der Waals surface area contributed by atoms with E-state index in [1.54, 1.807) is 0 Å². The number of benzene rings is 1. The molecule has 0 atom stereocenters. The molecule has 1 aromatic heterocycles. The Morgan fingerprint density at radius 2 is 1.88 bits per heavy atom. The van der Waals surface area contributed by atoms with Gasteiger partial charge in [-0.2, -0.15) is 5.10 Å². The summed E-state index contributed by atoms with van der Waals surface area (Å²) in [6.07, 6.45) is 4.60. The van der Waals surface area contributed by atoms with E-state index in [0.717, 1.165) is 37.4 Å². The van der Waals surface area contributed by atoms with Crippen LogP contribution in [0.3, 0.4) is 0 Å². The number of rotatable bonds is 4. The van der Waals surface area contributed by atoms with Crippen molar-refractivity contribution in [2.24, 2.45) is 5.41 Å². The Labute approximate surface area is 154 Å². The van der Waals surface area contributed by atoms with Crippen molar-refractivity contribution in [2.45, 2.75) is 58.7 Å². The fourth-order valence-electron chi connectivity index (χ4n) is 4.05. The quantitative estimate of drug-likeness (QED) is 0.838.